The largest absolute Gasteiger partial charge is 0.435 e. The normalized spacial score (nSPS) is 18.5. The maximum Gasteiger partial charge on any atom is 0.435 e. The minimum Gasteiger partial charge on any atom is -0.339 e. The third kappa shape index (κ3) is 6.45. The second kappa shape index (κ2) is 12.5. The molecular formula is C29H32F3N9O3. The number of H-pyrrole nitrogens is 2. The van der Waals surface area contributed by atoms with Gasteiger partial charge in [-0.05, 0) is 43.0 Å². The zero-order valence-electron chi connectivity index (χ0n) is 24.0. The van der Waals surface area contributed by atoms with E-state index in [4.69, 9.17) is 11.0 Å². The summed E-state index contributed by atoms with van der Waals surface area (Å²) in [6.07, 6.45) is -2.08. The van der Waals surface area contributed by atoms with Crippen LogP contribution < -0.4 is 11.1 Å². The number of nitrogens with zero attached hydrogens (tertiary/aromatic N) is 5. The molecule has 3 aromatic rings. The van der Waals surface area contributed by atoms with E-state index in [-0.39, 0.29) is 59.4 Å². The molecule has 3 heterocycles. The van der Waals surface area contributed by atoms with Gasteiger partial charge in [0.2, 0.25) is 5.91 Å². The van der Waals surface area contributed by atoms with E-state index in [2.05, 4.69) is 25.5 Å². The molecule has 2 fully saturated rings. The van der Waals surface area contributed by atoms with Crippen molar-refractivity contribution in [2.24, 2.45) is 11.7 Å². The highest BCUT2D eigenvalue weighted by Crippen LogP contribution is 2.33. The summed E-state index contributed by atoms with van der Waals surface area (Å²) < 4.78 is 40.3. The van der Waals surface area contributed by atoms with E-state index in [9.17, 15) is 27.6 Å². The van der Waals surface area contributed by atoms with Gasteiger partial charge in [-0.1, -0.05) is 6.92 Å². The lowest BCUT2D eigenvalue weighted by molar-refractivity contribution is -0.142. The number of imidazole rings is 1. The molecule has 232 valence electrons. The first-order valence-corrected chi connectivity index (χ1v) is 14.3. The number of benzene rings is 1. The third-order valence-corrected chi connectivity index (χ3v) is 8.06. The molecule has 0 atom stereocenters. The molecule has 0 unspecified atom stereocenters. The van der Waals surface area contributed by atoms with Gasteiger partial charge in [-0.2, -0.15) is 23.5 Å². The number of piperazine rings is 1. The maximum absolute atomic E-state index is 13.4. The number of amides is 3. The van der Waals surface area contributed by atoms with Gasteiger partial charge in [0.15, 0.2) is 11.5 Å². The van der Waals surface area contributed by atoms with Crippen molar-refractivity contribution in [3.8, 4) is 6.07 Å². The third-order valence-electron chi connectivity index (χ3n) is 8.06. The zero-order chi connectivity index (χ0) is 31.6. The fourth-order valence-corrected chi connectivity index (χ4v) is 5.59. The number of alkyl halides is 3. The van der Waals surface area contributed by atoms with Crippen LogP contribution in [0, 0.1) is 17.2 Å². The average molecular weight is 612 g/mol. The standard InChI is InChI=1S/C29H32F3N9O3/c1-2-16-13-19(3-4-21(16)28(44)41-9-7-40(8-10-41)27(43)17-11-18(34)12-17)37-26(42)25-35-15-20(36-25)14-22-23(5-6-33)38-39-24(22)29(30,31)32/h3-4,13,15,17-18H,2,5,7-12,14,34H2,1H3,(H,35,36)(H,37,42)(H,38,39). The van der Waals surface area contributed by atoms with Gasteiger partial charge in [-0.15, -0.1) is 0 Å². The smallest absolute Gasteiger partial charge is 0.339 e. The number of hydrogen-bond acceptors (Lipinski definition) is 7. The van der Waals surface area contributed by atoms with Gasteiger partial charge in [0.1, 0.15) is 0 Å². The van der Waals surface area contributed by atoms with Crippen LogP contribution in [0.2, 0.25) is 0 Å². The fourth-order valence-electron chi connectivity index (χ4n) is 5.59. The van der Waals surface area contributed by atoms with Crippen molar-refractivity contribution in [3.63, 3.8) is 0 Å². The van der Waals surface area contributed by atoms with Crippen molar-refractivity contribution < 1.29 is 27.6 Å². The molecule has 12 nitrogen and oxygen atoms in total. The van der Waals surface area contributed by atoms with Crippen LogP contribution in [-0.2, 0) is 30.2 Å². The number of carbonyl (C=O) groups excluding carboxylic acids is 3. The van der Waals surface area contributed by atoms with Crippen LogP contribution in [0.5, 0.6) is 0 Å². The van der Waals surface area contributed by atoms with E-state index in [0.717, 1.165) is 5.56 Å². The van der Waals surface area contributed by atoms with Gasteiger partial charge in [-0.25, -0.2) is 4.98 Å². The minimum absolute atomic E-state index is 0.0181. The Morgan fingerprint density at radius 2 is 1.86 bits per heavy atom. The van der Waals surface area contributed by atoms with Crippen molar-refractivity contribution in [3.05, 3.63) is 64.0 Å². The average Bonchev–Trinajstić information content (AvgIpc) is 3.62. The Balaban J connectivity index is 1.21. The lowest BCUT2D eigenvalue weighted by Gasteiger charge is -2.40. The van der Waals surface area contributed by atoms with Crippen LogP contribution in [0.15, 0.2) is 24.4 Å². The van der Waals surface area contributed by atoms with Crippen molar-refractivity contribution in [2.75, 3.05) is 31.5 Å². The van der Waals surface area contributed by atoms with E-state index in [1.54, 1.807) is 28.0 Å². The van der Waals surface area contributed by atoms with E-state index in [0.29, 0.717) is 56.7 Å². The highest BCUT2D eigenvalue weighted by molar-refractivity contribution is 6.02. The molecule has 0 bridgehead atoms. The second-order valence-corrected chi connectivity index (χ2v) is 11.0. The molecule has 2 aliphatic rings. The summed E-state index contributed by atoms with van der Waals surface area (Å²) in [5, 5.41) is 17.3. The summed E-state index contributed by atoms with van der Waals surface area (Å²) in [6.45, 7) is 3.67. The number of nitrogens with one attached hydrogen (secondary N) is 3. The number of anilines is 1. The maximum atomic E-state index is 13.4. The molecule has 1 aliphatic heterocycles. The highest BCUT2D eigenvalue weighted by Gasteiger charge is 2.38. The Morgan fingerprint density at radius 1 is 1.16 bits per heavy atom. The summed E-state index contributed by atoms with van der Waals surface area (Å²) in [5.41, 5.74) is 6.41. The van der Waals surface area contributed by atoms with E-state index in [1.807, 2.05) is 13.0 Å². The number of hydrogen-bond donors (Lipinski definition) is 4. The van der Waals surface area contributed by atoms with Gasteiger partial charge >= 0.3 is 6.18 Å². The first-order chi connectivity index (χ1) is 21.0. The zero-order valence-corrected chi connectivity index (χ0v) is 24.0. The molecular weight excluding hydrogens is 579 g/mol. The Labute approximate surface area is 250 Å². The number of halogens is 3. The molecule has 1 aromatic carbocycles. The minimum atomic E-state index is -4.72. The number of rotatable bonds is 8. The monoisotopic (exact) mass is 611 g/mol. The topological polar surface area (TPSA) is 177 Å². The van der Waals surface area contributed by atoms with Crippen molar-refractivity contribution in [2.45, 2.75) is 51.2 Å². The number of carbonyl (C=O) groups is 3. The molecule has 0 spiro atoms. The molecule has 3 amide bonds. The fraction of sp³-hybridized carbons (Fsp3) is 0.448. The molecule has 2 aromatic heterocycles. The second-order valence-electron chi connectivity index (χ2n) is 11.0. The van der Waals surface area contributed by atoms with Gasteiger partial charge < -0.3 is 25.8 Å². The van der Waals surface area contributed by atoms with E-state index >= 15 is 0 Å². The van der Waals surface area contributed by atoms with Crippen molar-refractivity contribution in [1.82, 2.24) is 30.0 Å². The number of aromatic nitrogens is 4. The number of aryl methyl sites for hydroxylation is 1. The van der Waals surface area contributed by atoms with Gasteiger partial charge in [-0.3, -0.25) is 19.5 Å². The SMILES string of the molecule is CCc1cc(NC(=O)c2ncc(Cc3c(C(F)(F)F)n[nH]c3CC#N)[nH]2)ccc1C(=O)N1CCN(C(=O)C2CC(N)C2)CC1. The van der Waals surface area contributed by atoms with Crippen LogP contribution in [-0.4, -0.2) is 79.9 Å². The lowest BCUT2D eigenvalue weighted by Crippen LogP contribution is -2.54. The first-order valence-electron chi connectivity index (χ1n) is 14.3. The summed E-state index contributed by atoms with van der Waals surface area (Å²) in [5.74, 6) is -0.801. The number of nitriles is 1. The summed E-state index contributed by atoms with van der Waals surface area (Å²) in [4.78, 5) is 49.2. The van der Waals surface area contributed by atoms with Gasteiger partial charge in [0.25, 0.3) is 11.8 Å². The predicted octanol–water partition coefficient (Wildman–Crippen LogP) is 2.64. The van der Waals surface area contributed by atoms with Crippen LogP contribution in [0.1, 0.15) is 69.0 Å². The first kappa shape index (κ1) is 30.7. The summed E-state index contributed by atoms with van der Waals surface area (Å²) in [6, 6.07) is 6.85. The number of nitrogens with two attached hydrogens (primary N) is 1. The predicted molar refractivity (Wildman–Crippen MR) is 151 cm³/mol. The Morgan fingerprint density at radius 3 is 2.50 bits per heavy atom. The van der Waals surface area contributed by atoms with E-state index in [1.165, 1.54) is 6.20 Å². The van der Waals surface area contributed by atoms with Crippen LogP contribution >= 0.6 is 0 Å². The molecule has 1 aliphatic carbocycles. The Kier molecular flexibility index (Phi) is 8.73. The molecule has 44 heavy (non-hydrogen) atoms. The van der Waals surface area contributed by atoms with Crippen LogP contribution in [0.3, 0.4) is 0 Å². The van der Waals surface area contributed by atoms with Crippen LogP contribution in [0.4, 0.5) is 18.9 Å². The lowest BCUT2D eigenvalue weighted by atomic mass is 9.80. The molecule has 1 saturated heterocycles. The van der Waals surface area contributed by atoms with Crippen molar-refractivity contribution >= 4 is 23.4 Å². The highest BCUT2D eigenvalue weighted by atomic mass is 19.4. The molecule has 15 heteroatoms. The van der Waals surface area contributed by atoms with Crippen molar-refractivity contribution in [1.29, 1.82) is 5.26 Å². The van der Waals surface area contributed by atoms with Gasteiger partial charge in [0, 0.05) is 73.3 Å². The molecule has 5 N–H and O–H groups in total. The quantitative estimate of drug-likeness (QED) is 0.303. The molecule has 0 radical (unpaired) electrons. The van der Waals surface area contributed by atoms with Crippen LogP contribution in [0.25, 0.3) is 0 Å². The Bertz CT molecular complexity index is 1590. The summed E-state index contributed by atoms with van der Waals surface area (Å²) in [7, 11) is 0. The molecule has 5 rings (SSSR count). The summed E-state index contributed by atoms with van der Waals surface area (Å²) >= 11 is 0. The Hall–Kier alpha value is -4.71. The van der Waals surface area contributed by atoms with E-state index < -0.39 is 17.8 Å². The molecule has 1 saturated carbocycles. The van der Waals surface area contributed by atoms with Gasteiger partial charge in [0.05, 0.1) is 18.2 Å². The number of aromatic amines is 2.